The van der Waals surface area contributed by atoms with Crippen LogP contribution in [0.3, 0.4) is 0 Å². The minimum atomic E-state index is -3.81. The first kappa shape index (κ1) is 24.6. The number of amides is 1. The Balaban J connectivity index is 1.40. The first-order chi connectivity index (χ1) is 17.0. The highest BCUT2D eigenvalue weighted by molar-refractivity contribution is 7.89. The van der Waals surface area contributed by atoms with E-state index in [-0.39, 0.29) is 28.2 Å². The second-order valence-electron chi connectivity index (χ2n) is 8.67. The molecule has 8 heteroatoms. The molecule has 0 saturated carbocycles. The first-order valence-electron chi connectivity index (χ1n) is 11.6. The molecule has 1 heterocycles. The normalized spacial score (nSPS) is 18.1. The molecular formula is C27H28N4O3S. The number of rotatable bonds is 8. The summed E-state index contributed by atoms with van der Waals surface area (Å²) in [7, 11) is -3.81. The molecule has 0 spiro atoms. The van der Waals surface area contributed by atoms with E-state index in [4.69, 9.17) is 5.26 Å². The molecule has 180 valence electrons. The van der Waals surface area contributed by atoms with Gasteiger partial charge in [0, 0.05) is 31.6 Å². The molecule has 4 rings (SSSR count). The molecule has 3 aromatic carbocycles. The van der Waals surface area contributed by atoms with Crippen molar-refractivity contribution in [2.45, 2.75) is 23.3 Å². The van der Waals surface area contributed by atoms with E-state index in [9.17, 15) is 13.2 Å². The summed E-state index contributed by atoms with van der Waals surface area (Å²) < 4.78 is 28.3. The van der Waals surface area contributed by atoms with Crippen LogP contribution in [0.5, 0.6) is 0 Å². The summed E-state index contributed by atoms with van der Waals surface area (Å²) in [5.41, 5.74) is 2.51. The van der Waals surface area contributed by atoms with Crippen LogP contribution in [-0.4, -0.2) is 40.0 Å². The molecule has 1 fully saturated rings. The van der Waals surface area contributed by atoms with Crippen molar-refractivity contribution in [1.29, 1.82) is 5.26 Å². The van der Waals surface area contributed by atoms with Gasteiger partial charge in [0.2, 0.25) is 15.9 Å². The predicted octanol–water partition coefficient (Wildman–Crippen LogP) is 2.76. The lowest BCUT2D eigenvalue weighted by Gasteiger charge is -2.30. The minimum absolute atomic E-state index is 0.0135. The van der Waals surface area contributed by atoms with E-state index in [2.05, 4.69) is 39.6 Å². The Labute approximate surface area is 206 Å². The highest BCUT2D eigenvalue weighted by Crippen LogP contribution is 2.24. The van der Waals surface area contributed by atoms with Crippen LogP contribution in [-0.2, 0) is 14.8 Å². The maximum absolute atomic E-state index is 13.1. The first-order valence-corrected chi connectivity index (χ1v) is 13.1. The van der Waals surface area contributed by atoms with E-state index in [1.54, 1.807) is 12.1 Å². The van der Waals surface area contributed by atoms with E-state index in [1.807, 2.05) is 42.5 Å². The molecule has 1 amide bonds. The van der Waals surface area contributed by atoms with E-state index >= 15 is 0 Å². The average molecular weight is 489 g/mol. The molecule has 0 aromatic heterocycles. The van der Waals surface area contributed by atoms with Crippen molar-refractivity contribution in [1.82, 2.24) is 15.4 Å². The van der Waals surface area contributed by atoms with Crippen LogP contribution in [0, 0.1) is 17.2 Å². The Bertz CT molecular complexity index is 1250. The third-order valence-electron chi connectivity index (χ3n) is 6.20. The van der Waals surface area contributed by atoms with Crippen molar-refractivity contribution in [3.8, 4) is 6.07 Å². The van der Waals surface area contributed by atoms with Gasteiger partial charge in [-0.3, -0.25) is 4.79 Å². The zero-order chi connectivity index (χ0) is 24.7. The van der Waals surface area contributed by atoms with Gasteiger partial charge in [0.05, 0.1) is 22.4 Å². The largest absolute Gasteiger partial charge is 0.355 e. The zero-order valence-electron chi connectivity index (χ0n) is 19.2. The van der Waals surface area contributed by atoms with Gasteiger partial charge in [0.1, 0.15) is 0 Å². The van der Waals surface area contributed by atoms with Crippen molar-refractivity contribution >= 4 is 15.9 Å². The van der Waals surface area contributed by atoms with Crippen LogP contribution in [0.25, 0.3) is 0 Å². The van der Waals surface area contributed by atoms with Crippen LogP contribution in [0.15, 0.2) is 89.8 Å². The Hall–Kier alpha value is -3.51. The summed E-state index contributed by atoms with van der Waals surface area (Å²) in [5.74, 6) is -0.460. The van der Waals surface area contributed by atoms with Crippen molar-refractivity contribution in [2.75, 3.05) is 19.6 Å². The lowest BCUT2D eigenvalue weighted by Crippen LogP contribution is -2.52. The summed E-state index contributed by atoms with van der Waals surface area (Å²) in [6.45, 7) is 1.35. The summed E-state index contributed by atoms with van der Waals surface area (Å²) in [6, 6.07) is 27.5. The standard InChI is InChI=1S/C27H28N4O3S/c28-16-20-8-7-13-25(14-20)35(33,34)31-24-15-23(17-29-18-24)27(32)30-19-26(21-9-3-1-4-10-21)22-11-5-2-6-12-22/h1-14,23-24,26,29,31H,15,17-19H2,(H,30,32)/t23-,24+/m0/s1. The van der Waals surface area contributed by atoms with Gasteiger partial charge < -0.3 is 10.6 Å². The van der Waals surface area contributed by atoms with Crippen molar-refractivity contribution in [2.24, 2.45) is 5.92 Å². The molecule has 0 unspecified atom stereocenters. The van der Waals surface area contributed by atoms with Gasteiger partial charge in [-0.05, 0) is 35.7 Å². The Morgan fingerprint density at radius 1 is 0.971 bits per heavy atom. The Morgan fingerprint density at radius 2 is 1.63 bits per heavy atom. The number of carbonyl (C=O) groups is 1. The van der Waals surface area contributed by atoms with Gasteiger partial charge in [0.15, 0.2) is 0 Å². The van der Waals surface area contributed by atoms with Crippen LogP contribution in [0.1, 0.15) is 29.0 Å². The fourth-order valence-electron chi connectivity index (χ4n) is 4.40. The van der Waals surface area contributed by atoms with E-state index in [0.717, 1.165) is 11.1 Å². The fourth-order valence-corrected chi connectivity index (χ4v) is 5.69. The highest BCUT2D eigenvalue weighted by Gasteiger charge is 2.30. The third kappa shape index (κ3) is 6.34. The summed E-state index contributed by atoms with van der Waals surface area (Å²) in [4.78, 5) is 13.1. The molecule has 1 aliphatic rings. The smallest absolute Gasteiger partial charge is 0.240 e. The number of benzene rings is 3. The summed E-state index contributed by atoms with van der Waals surface area (Å²) in [6.07, 6.45) is 0.386. The number of sulfonamides is 1. The molecule has 1 aliphatic heterocycles. The van der Waals surface area contributed by atoms with Gasteiger partial charge >= 0.3 is 0 Å². The zero-order valence-corrected chi connectivity index (χ0v) is 20.0. The number of nitriles is 1. The van der Waals surface area contributed by atoms with Crippen LogP contribution in [0.4, 0.5) is 0 Å². The fraction of sp³-hybridized carbons (Fsp3) is 0.259. The Kier molecular flexibility index (Phi) is 7.93. The number of hydrogen-bond acceptors (Lipinski definition) is 5. The topological polar surface area (TPSA) is 111 Å². The van der Waals surface area contributed by atoms with Gasteiger partial charge in [-0.1, -0.05) is 66.7 Å². The number of nitrogens with zero attached hydrogens (tertiary/aromatic N) is 1. The highest BCUT2D eigenvalue weighted by atomic mass is 32.2. The molecule has 35 heavy (non-hydrogen) atoms. The maximum atomic E-state index is 13.1. The molecular weight excluding hydrogens is 460 g/mol. The van der Waals surface area contributed by atoms with Gasteiger partial charge in [-0.15, -0.1) is 0 Å². The molecule has 0 aliphatic carbocycles. The predicted molar refractivity (Wildman–Crippen MR) is 134 cm³/mol. The van der Waals surface area contributed by atoms with Gasteiger partial charge in [-0.2, -0.15) is 5.26 Å². The number of piperidine rings is 1. The third-order valence-corrected chi connectivity index (χ3v) is 7.72. The molecule has 0 bridgehead atoms. The van der Waals surface area contributed by atoms with Gasteiger partial charge in [-0.25, -0.2) is 13.1 Å². The van der Waals surface area contributed by atoms with E-state index in [1.165, 1.54) is 12.1 Å². The average Bonchev–Trinajstić information content (AvgIpc) is 2.90. The van der Waals surface area contributed by atoms with Crippen molar-refractivity contribution < 1.29 is 13.2 Å². The molecule has 0 radical (unpaired) electrons. The Morgan fingerprint density at radius 3 is 2.26 bits per heavy atom. The summed E-state index contributed by atoms with van der Waals surface area (Å²) >= 11 is 0. The van der Waals surface area contributed by atoms with Crippen LogP contribution < -0.4 is 15.4 Å². The van der Waals surface area contributed by atoms with Crippen molar-refractivity contribution in [3.05, 3.63) is 102 Å². The lowest BCUT2D eigenvalue weighted by atomic mass is 9.90. The lowest BCUT2D eigenvalue weighted by molar-refractivity contribution is -0.125. The van der Waals surface area contributed by atoms with Crippen LogP contribution >= 0.6 is 0 Å². The van der Waals surface area contributed by atoms with Crippen molar-refractivity contribution in [3.63, 3.8) is 0 Å². The second-order valence-corrected chi connectivity index (χ2v) is 10.4. The monoisotopic (exact) mass is 488 g/mol. The quantitative estimate of drug-likeness (QED) is 0.452. The van der Waals surface area contributed by atoms with E-state index < -0.39 is 16.1 Å². The second kappa shape index (κ2) is 11.3. The molecule has 7 nitrogen and oxygen atoms in total. The van der Waals surface area contributed by atoms with Gasteiger partial charge in [0.25, 0.3) is 0 Å². The number of carbonyl (C=O) groups excluding carboxylic acids is 1. The SMILES string of the molecule is N#Cc1cccc(S(=O)(=O)N[C@H]2CNC[C@@H](C(=O)NCC(c3ccccc3)c3ccccc3)C2)c1. The molecule has 2 atom stereocenters. The van der Waals surface area contributed by atoms with Crippen LogP contribution in [0.2, 0.25) is 0 Å². The molecule has 3 aromatic rings. The maximum Gasteiger partial charge on any atom is 0.240 e. The molecule has 3 N–H and O–H groups in total. The van der Waals surface area contributed by atoms with E-state index in [0.29, 0.717) is 26.1 Å². The minimum Gasteiger partial charge on any atom is -0.355 e. The number of hydrogen-bond donors (Lipinski definition) is 3. The number of nitrogens with one attached hydrogen (secondary N) is 3. The summed E-state index contributed by atoms with van der Waals surface area (Å²) in [5, 5.41) is 15.3. The molecule has 1 saturated heterocycles.